The van der Waals surface area contributed by atoms with Gasteiger partial charge in [-0.05, 0) is 0 Å². The Kier molecular flexibility index (Phi) is 3.12. The van der Waals surface area contributed by atoms with Crippen LogP contribution in [0.3, 0.4) is 0 Å². The Morgan fingerprint density at radius 3 is 2.69 bits per heavy atom. The third-order valence-electron chi connectivity index (χ3n) is 2.30. The summed E-state index contributed by atoms with van der Waals surface area (Å²) in [7, 11) is 1.51. The largest absolute Gasteiger partial charge is 0.354 e. The number of imidazole rings is 1. The van der Waals surface area contributed by atoms with Gasteiger partial charge in [-0.15, -0.1) is 0 Å². The maximum atomic E-state index is 12.1. The van der Waals surface area contributed by atoms with Gasteiger partial charge in [-0.2, -0.15) is 0 Å². The van der Waals surface area contributed by atoms with Crippen molar-refractivity contribution in [2.24, 2.45) is 0 Å². The van der Waals surface area contributed by atoms with Crippen LogP contribution in [-0.4, -0.2) is 22.4 Å². The molecule has 0 amide bonds. The zero-order chi connectivity index (χ0) is 11.4. The second-order valence-electron chi connectivity index (χ2n) is 3.33. The molecule has 1 heterocycles. The van der Waals surface area contributed by atoms with Crippen molar-refractivity contribution in [3.05, 3.63) is 54.6 Å². The number of methoxy groups -OCH3 is 1. The second kappa shape index (κ2) is 4.72. The van der Waals surface area contributed by atoms with E-state index in [-0.39, 0.29) is 5.78 Å². The number of aromatic nitrogens is 2. The third-order valence-corrected chi connectivity index (χ3v) is 2.30. The van der Waals surface area contributed by atoms with Gasteiger partial charge in [0.25, 0.3) is 0 Å². The molecule has 0 aliphatic rings. The van der Waals surface area contributed by atoms with Gasteiger partial charge in [-0.25, -0.2) is 4.98 Å². The highest BCUT2D eigenvalue weighted by Gasteiger charge is 2.20. The lowest BCUT2D eigenvalue weighted by atomic mass is 10.1. The van der Waals surface area contributed by atoms with Gasteiger partial charge in [0.15, 0.2) is 6.23 Å². The number of Topliss-reactive ketones (excluding diaryl/α,β-unsaturated/α-hetero) is 1. The molecule has 1 aromatic carbocycles. The van der Waals surface area contributed by atoms with E-state index in [1.54, 1.807) is 35.4 Å². The molecule has 1 atom stereocenters. The number of hydrogen-bond acceptors (Lipinski definition) is 3. The summed E-state index contributed by atoms with van der Waals surface area (Å²) in [6, 6.07) is 9.06. The van der Waals surface area contributed by atoms with Crippen molar-refractivity contribution < 1.29 is 9.53 Å². The fraction of sp³-hybridized carbons (Fsp3) is 0.167. The van der Waals surface area contributed by atoms with E-state index in [0.717, 1.165) is 0 Å². The summed E-state index contributed by atoms with van der Waals surface area (Å²) in [5, 5.41) is 0. The number of carbonyl (C=O) groups excluding carboxylic acids is 1. The maximum absolute atomic E-state index is 12.1. The molecule has 2 aromatic rings. The first-order valence-corrected chi connectivity index (χ1v) is 4.92. The number of ketones is 1. The number of nitrogens with zero attached hydrogens (tertiary/aromatic N) is 2. The maximum Gasteiger partial charge on any atom is 0.212 e. The van der Waals surface area contributed by atoms with E-state index in [1.165, 1.54) is 7.11 Å². The summed E-state index contributed by atoms with van der Waals surface area (Å²) in [6.07, 6.45) is 4.23. The van der Waals surface area contributed by atoms with E-state index in [0.29, 0.717) is 5.56 Å². The van der Waals surface area contributed by atoms with Crippen LogP contribution in [-0.2, 0) is 4.74 Å². The molecule has 2 rings (SSSR count). The number of rotatable bonds is 4. The highest BCUT2D eigenvalue weighted by Crippen LogP contribution is 2.14. The van der Waals surface area contributed by atoms with Gasteiger partial charge in [0, 0.05) is 25.1 Å². The first kappa shape index (κ1) is 10.6. The zero-order valence-electron chi connectivity index (χ0n) is 8.91. The van der Waals surface area contributed by atoms with Crippen molar-refractivity contribution >= 4 is 5.78 Å². The normalized spacial score (nSPS) is 12.3. The second-order valence-corrected chi connectivity index (χ2v) is 3.33. The molecule has 0 bridgehead atoms. The van der Waals surface area contributed by atoms with Crippen molar-refractivity contribution in [2.75, 3.05) is 7.11 Å². The van der Waals surface area contributed by atoms with Crippen LogP contribution in [0.2, 0.25) is 0 Å². The smallest absolute Gasteiger partial charge is 0.212 e. The van der Waals surface area contributed by atoms with Crippen molar-refractivity contribution in [3.63, 3.8) is 0 Å². The molecule has 0 saturated heterocycles. The van der Waals surface area contributed by atoms with Crippen molar-refractivity contribution in [1.29, 1.82) is 0 Å². The number of ether oxygens (including phenoxy) is 1. The lowest BCUT2D eigenvalue weighted by Crippen LogP contribution is -2.20. The first-order chi connectivity index (χ1) is 7.83. The van der Waals surface area contributed by atoms with Gasteiger partial charge in [-0.1, -0.05) is 30.3 Å². The van der Waals surface area contributed by atoms with E-state index >= 15 is 0 Å². The fourth-order valence-electron chi connectivity index (χ4n) is 1.52. The lowest BCUT2D eigenvalue weighted by Gasteiger charge is -2.15. The number of benzene rings is 1. The van der Waals surface area contributed by atoms with Gasteiger partial charge in [0.1, 0.15) is 0 Å². The lowest BCUT2D eigenvalue weighted by molar-refractivity contribution is 0.0349. The molecule has 16 heavy (non-hydrogen) atoms. The van der Waals surface area contributed by atoms with Crippen LogP contribution in [0.15, 0.2) is 49.1 Å². The molecule has 0 aliphatic carbocycles. The van der Waals surface area contributed by atoms with Crippen LogP contribution >= 0.6 is 0 Å². The molecule has 4 heteroatoms. The van der Waals surface area contributed by atoms with Gasteiger partial charge >= 0.3 is 0 Å². The number of hydrogen-bond donors (Lipinski definition) is 0. The van der Waals surface area contributed by atoms with Gasteiger partial charge < -0.3 is 9.30 Å². The van der Waals surface area contributed by atoms with Gasteiger partial charge in [-0.3, -0.25) is 4.79 Å². The Bertz CT molecular complexity index is 451. The molecule has 0 saturated carbocycles. The minimum absolute atomic E-state index is 0.0823. The Morgan fingerprint density at radius 1 is 1.38 bits per heavy atom. The molecule has 0 aliphatic heterocycles. The van der Waals surface area contributed by atoms with Crippen LogP contribution in [0, 0.1) is 0 Å². The van der Waals surface area contributed by atoms with Crippen LogP contribution in [0.4, 0.5) is 0 Å². The van der Waals surface area contributed by atoms with Crippen LogP contribution in [0.1, 0.15) is 16.6 Å². The molecule has 4 nitrogen and oxygen atoms in total. The van der Waals surface area contributed by atoms with E-state index < -0.39 is 6.23 Å². The summed E-state index contributed by atoms with van der Waals surface area (Å²) in [4.78, 5) is 16.0. The Hall–Kier alpha value is -1.94. The predicted octanol–water partition coefficient (Wildman–Crippen LogP) is 1.91. The summed E-state index contributed by atoms with van der Waals surface area (Å²) in [6.45, 7) is 0. The van der Waals surface area contributed by atoms with Crippen LogP contribution in [0.5, 0.6) is 0 Å². The molecular formula is C12H12N2O2. The summed E-state index contributed by atoms with van der Waals surface area (Å²) in [5.41, 5.74) is 0.628. The zero-order valence-corrected chi connectivity index (χ0v) is 8.91. The highest BCUT2D eigenvalue weighted by molar-refractivity contribution is 5.98. The van der Waals surface area contributed by atoms with E-state index in [9.17, 15) is 4.79 Å². The Labute approximate surface area is 93.5 Å². The topological polar surface area (TPSA) is 44.1 Å². The van der Waals surface area contributed by atoms with E-state index in [4.69, 9.17) is 4.74 Å². The standard InChI is InChI=1S/C12H12N2O2/c1-16-12(14-8-7-13-9-14)11(15)10-5-3-2-4-6-10/h2-9,12H,1H3. The minimum Gasteiger partial charge on any atom is -0.354 e. The minimum atomic E-state index is -0.648. The summed E-state index contributed by atoms with van der Waals surface area (Å²) < 4.78 is 6.82. The quantitative estimate of drug-likeness (QED) is 0.733. The summed E-state index contributed by atoms with van der Waals surface area (Å²) >= 11 is 0. The summed E-state index contributed by atoms with van der Waals surface area (Å²) in [5.74, 6) is -0.0823. The average molecular weight is 216 g/mol. The van der Waals surface area contributed by atoms with Crippen molar-refractivity contribution in [1.82, 2.24) is 9.55 Å². The number of carbonyl (C=O) groups is 1. The SMILES string of the molecule is COC(C(=O)c1ccccc1)n1ccnc1. The molecular weight excluding hydrogens is 204 g/mol. The highest BCUT2D eigenvalue weighted by atomic mass is 16.5. The first-order valence-electron chi connectivity index (χ1n) is 4.92. The fourth-order valence-corrected chi connectivity index (χ4v) is 1.52. The average Bonchev–Trinajstić information content (AvgIpc) is 2.85. The molecule has 0 spiro atoms. The van der Waals surface area contributed by atoms with Crippen molar-refractivity contribution in [2.45, 2.75) is 6.23 Å². The van der Waals surface area contributed by atoms with Crippen molar-refractivity contribution in [3.8, 4) is 0 Å². The molecule has 1 unspecified atom stereocenters. The predicted molar refractivity (Wildman–Crippen MR) is 59.0 cm³/mol. The Balaban J connectivity index is 2.27. The van der Waals surface area contributed by atoms with Crippen LogP contribution in [0.25, 0.3) is 0 Å². The van der Waals surface area contributed by atoms with E-state index in [2.05, 4.69) is 4.98 Å². The van der Waals surface area contributed by atoms with Crippen LogP contribution < -0.4 is 0 Å². The third kappa shape index (κ3) is 2.01. The molecule has 0 radical (unpaired) electrons. The molecule has 1 aromatic heterocycles. The van der Waals surface area contributed by atoms with Gasteiger partial charge in [0.2, 0.25) is 5.78 Å². The monoisotopic (exact) mass is 216 g/mol. The molecule has 0 N–H and O–H groups in total. The van der Waals surface area contributed by atoms with E-state index in [1.807, 2.05) is 18.2 Å². The van der Waals surface area contributed by atoms with Gasteiger partial charge in [0.05, 0.1) is 6.33 Å². The Morgan fingerprint density at radius 2 is 2.12 bits per heavy atom. The molecule has 0 fully saturated rings. The molecule has 82 valence electrons.